The number of hydrogen-bond donors (Lipinski definition) is 0. The smallest absolute Gasteiger partial charge is 0.343 e. The number of rotatable bonds is 13. The van der Waals surface area contributed by atoms with Gasteiger partial charge in [-0.1, -0.05) is 5.11 Å². The highest BCUT2D eigenvalue weighted by Gasteiger charge is 2.16. The van der Waals surface area contributed by atoms with E-state index in [1.165, 1.54) is 6.20 Å². The number of nitrogens with zero attached hydrogens (tertiary/aromatic N) is 4. The van der Waals surface area contributed by atoms with Crippen LogP contribution < -0.4 is 10.2 Å². The van der Waals surface area contributed by atoms with Crippen molar-refractivity contribution < 1.29 is 23.7 Å². The summed E-state index contributed by atoms with van der Waals surface area (Å²) in [5.41, 5.74) is 8.49. The molecule has 0 aliphatic rings. The quantitative estimate of drug-likeness (QED) is 0.162. The van der Waals surface area contributed by atoms with E-state index in [0.29, 0.717) is 57.3 Å². The van der Waals surface area contributed by atoms with Gasteiger partial charge < -0.3 is 23.5 Å². The number of ether oxygens (including phenoxy) is 4. The number of esters is 1. The molecule has 0 unspecified atom stereocenters. The Morgan fingerprint density at radius 3 is 2.57 bits per heavy atom. The molecule has 2 aromatic rings. The number of pyridine rings is 1. The first-order valence-corrected chi connectivity index (χ1v) is 9.75. The lowest BCUT2D eigenvalue weighted by molar-refractivity contribution is 0.0388. The highest BCUT2D eigenvalue weighted by Crippen LogP contribution is 2.20. The minimum atomic E-state index is -0.632. The van der Waals surface area contributed by atoms with Crippen LogP contribution in [0.1, 0.15) is 24.2 Å². The summed E-state index contributed by atoms with van der Waals surface area (Å²) in [7, 11) is 0. The van der Waals surface area contributed by atoms with Gasteiger partial charge in [0.15, 0.2) is 0 Å². The Balaban J connectivity index is 1.95. The fourth-order valence-corrected chi connectivity index (χ4v) is 2.77. The molecule has 162 valence electrons. The maximum atomic E-state index is 12.8. The molecule has 0 aliphatic carbocycles. The van der Waals surface area contributed by atoms with E-state index in [1.807, 2.05) is 11.5 Å². The van der Waals surface area contributed by atoms with Crippen molar-refractivity contribution >= 4 is 16.9 Å². The topological polar surface area (TPSA) is 125 Å². The van der Waals surface area contributed by atoms with Crippen molar-refractivity contribution in [3.05, 3.63) is 50.6 Å². The van der Waals surface area contributed by atoms with E-state index in [-0.39, 0.29) is 17.6 Å². The van der Waals surface area contributed by atoms with Crippen molar-refractivity contribution in [2.75, 3.05) is 46.2 Å². The molecule has 10 heteroatoms. The summed E-state index contributed by atoms with van der Waals surface area (Å²) in [6.07, 6.45) is 1.53. The van der Waals surface area contributed by atoms with Gasteiger partial charge in [0.25, 0.3) is 0 Å². The predicted octanol–water partition coefficient (Wildman–Crippen LogP) is 2.92. The van der Waals surface area contributed by atoms with Crippen LogP contribution in [-0.2, 0) is 20.8 Å². The summed E-state index contributed by atoms with van der Waals surface area (Å²) >= 11 is 0. The molecular weight excluding hydrogens is 392 g/mol. The molecule has 1 aromatic carbocycles. The molecule has 0 N–H and O–H groups in total. The zero-order chi connectivity index (χ0) is 21.8. The fraction of sp³-hybridized carbons (Fsp3) is 0.500. The van der Waals surface area contributed by atoms with Gasteiger partial charge in [-0.3, -0.25) is 4.79 Å². The Morgan fingerprint density at radius 1 is 1.13 bits per heavy atom. The molecule has 2 rings (SSSR count). The molecule has 0 atom stereocenters. The second-order valence-electron chi connectivity index (χ2n) is 6.09. The molecule has 0 saturated carbocycles. The van der Waals surface area contributed by atoms with Gasteiger partial charge in [0.05, 0.1) is 43.9 Å². The Hall–Kier alpha value is -3.07. The fourth-order valence-electron chi connectivity index (χ4n) is 2.77. The van der Waals surface area contributed by atoms with Gasteiger partial charge in [-0.05, 0) is 37.6 Å². The number of aryl methyl sites for hydroxylation is 1. The van der Waals surface area contributed by atoms with E-state index >= 15 is 0 Å². The minimum Gasteiger partial charge on any atom is -0.491 e. The molecular formula is C20H26N4O6. The van der Waals surface area contributed by atoms with Crippen molar-refractivity contribution in [2.24, 2.45) is 5.11 Å². The number of carbonyl (C=O) groups excluding carboxylic acids is 1. The third-order valence-corrected chi connectivity index (χ3v) is 4.15. The molecule has 10 nitrogen and oxygen atoms in total. The molecule has 1 heterocycles. The first-order valence-electron chi connectivity index (χ1n) is 9.75. The standard InChI is InChI=1S/C20H26N4O6/c1-3-24-14-17(20(26)29-4-2)19(25)16-13-15(5-6-18(16)24)30-12-11-28-10-9-27-8-7-22-23-21/h5-6,13-14H,3-4,7-12H2,1-2H3. The summed E-state index contributed by atoms with van der Waals surface area (Å²) in [5, 5.41) is 3.76. The van der Waals surface area contributed by atoms with Crippen LogP contribution in [0.3, 0.4) is 0 Å². The minimum absolute atomic E-state index is 0.00661. The third-order valence-electron chi connectivity index (χ3n) is 4.15. The van der Waals surface area contributed by atoms with E-state index in [0.717, 1.165) is 5.52 Å². The van der Waals surface area contributed by atoms with Gasteiger partial charge in [0.1, 0.15) is 17.9 Å². The van der Waals surface area contributed by atoms with E-state index in [9.17, 15) is 9.59 Å². The molecule has 0 bridgehead atoms. The molecule has 0 amide bonds. The van der Waals surface area contributed by atoms with Gasteiger partial charge in [-0.25, -0.2) is 4.79 Å². The van der Waals surface area contributed by atoms with E-state index in [4.69, 9.17) is 24.5 Å². The summed E-state index contributed by atoms with van der Waals surface area (Å²) < 4.78 is 23.1. The maximum absolute atomic E-state index is 12.8. The number of benzene rings is 1. The monoisotopic (exact) mass is 418 g/mol. The molecule has 0 fully saturated rings. The number of fused-ring (bicyclic) bond motifs is 1. The third kappa shape index (κ3) is 6.48. The Labute approximate surface area is 173 Å². The molecule has 0 radical (unpaired) electrons. The summed E-state index contributed by atoms with van der Waals surface area (Å²) in [4.78, 5) is 27.5. The summed E-state index contributed by atoms with van der Waals surface area (Å²) in [6, 6.07) is 5.20. The van der Waals surface area contributed by atoms with Crippen molar-refractivity contribution in [1.29, 1.82) is 0 Å². The van der Waals surface area contributed by atoms with Crippen LogP contribution in [-0.4, -0.2) is 56.7 Å². The molecule has 0 spiro atoms. The number of carbonyl (C=O) groups is 1. The van der Waals surface area contributed by atoms with Crippen LogP contribution in [0, 0.1) is 0 Å². The summed E-state index contributed by atoms with van der Waals surface area (Å²) in [6.45, 7) is 6.49. The normalized spacial score (nSPS) is 10.6. The van der Waals surface area contributed by atoms with Gasteiger partial charge in [0, 0.05) is 24.2 Å². The van der Waals surface area contributed by atoms with Crippen LogP contribution in [0.5, 0.6) is 5.75 Å². The Bertz CT molecular complexity index is 952. The number of azide groups is 1. The van der Waals surface area contributed by atoms with Crippen LogP contribution in [0.2, 0.25) is 0 Å². The highest BCUT2D eigenvalue weighted by molar-refractivity contribution is 5.94. The van der Waals surface area contributed by atoms with E-state index in [2.05, 4.69) is 10.0 Å². The lowest BCUT2D eigenvalue weighted by Crippen LogP contribution is -2.21. The van der Waals surface area contributed by atoms with Gasteiger partial charge in [-0.15, -0.1) is 0 Å². The first kappa shape index (κ1) is 23.2. The van der Waals surface area contributed by atoms with Crippen molar-refractivity contribution in [3.8, 4) is 5.75 Å². The molecule has 0 saturated heterocycles. The lowest BCUT2D eigenvalue weighted by atomic mass is 10.1. The zero-order valence-electron chi connectivity index (χ0n) is 17.2. The second kappa shape index (κ2) is 12.5. The summed E-state index contributed by atoms with van der Waals surface area (Å²) in [5.74, 6) is -0.120. The molecule has 30 heavy (non-hydrogen) atoms. The van der Waals surface area contributed by atoms with Crippen LogP contribution in [0.25, 0.3) is 21.3 Å². The van der Waals surface area contributed by atoms with E-state index < -0.39 is 5.97 Å². The zero-order valence-corrected chi connectivity index (χ0v) is 17.2. The largest absolute Gasteiger partial charge is 0.491 e. The SMILES string of the molecule is CCOC(=O)c1cn(CC)c2ccc(OCCOCCOCCN=[N+]=[N-])cc2c1=O. The molecule has 0 aliphatic heterocycles. The van der Waals surface area contributed by atoms with E-state index in [1.54, 1.807) is 25.1 Å². The van der Waals surface area contributed by atoms with Crippen molar-refractivity contribution in [2.45, 2.75) is 20.4 Å². The average Bonchev–Trinajstić information content (AvgIpc) is 2.75. The van der Waals surface area contributed by atoms with Gasteiger partial charge in [-0.2, -0.15) is 0 Å². The highest BCUT2D eigenvalue weighted by atomic mass is 16.5. The predicted molar refractivity (Wildman–Crippen MR) is 111 cm³/mol. The van der Waals surface area contributed by atoms with Crippen molar-refractivity contribution in [1.82, 2.24) is 4.57 Å². The van der Waals surface area contributed by atoms with Crippen LogP contribution >= 0.6 is 0 Å². The van der Waals surface area contributed by atoms with Gasteiger partial charge >= 0.3 is 5.97 Å². The number of hydrogen-bond acceptors (Lipinski definition) is 7. The molecule has 1 aromatic heterocycles. The lowest BCUT2D eigenvalue weighted by Gasteiger charge is -2.13. The average molecular weight is 418 g/mol. The second-order valence-corrected chi connectivity index (χ2v) is 6.09. The first-order chi connectivity index (χ1) is 14.6. The van der Waals surface area contributed by atoms with Crippen LogP contribution in [0.4, 0.5) is 0 Å². The maximum Gasteiger partial charge on any atom is 0.343 e. The Kier molecular flexibility index (Phi) is 9.66. The number of aromatic nitrogens is 1. The van der Waals surface area contributed by atoms with Gasteiger partial charge in [0.2, 0.25) is 5.43 Å². The Morgan fingerprint density at radius 2 is 1.87 bits per heavy atom. The van der Waals surface area contributed by atoms with Crippen LogP contribution in [0.15, 0.2) is 34.3 Å². The van der Waals surface area contributed by atoms with Crippen molar-refractivity contribution in [3.63, 3.8) is 0 Å².